The number of piperazine rings is 1. The van der Waals surface area contributed by atoms with Gasteiger partial charge in [0.1, 0.15) is 5.82 Å². The van der Waals surface area contributed by atoms with Gasteiger partial charge < -0.3 is 26.2 Å². The van der Waals surface area contributed by atoms with E-state index in [1.807, 2.05) is 24.3 Å². The Kier molecular flexibility index (Phi) is 9.18. The Bertz CT molecular complexity index is 1300. The Hall–Kier alpha value is -3.70. The fourth-order valence-corrected chi connectivity index (χ4v) is 5.59. The summed E-state index contributed by atoms with van der Waals surface area (Å²) in [5, 5.41) is 2.70. The second-order valence-electron chi connectivity index (χ2n) is 11.8. The monoisotopic (exact) mass is 564 g/mol. The van der Waals surface area contributed by atoms with Crippen molar-refractivity contribution in [2.45, 2.75) is 64.6 Å². The molecule has 41 heavy (non-hydrogen) atoms. The maximum atomic E-state index is 12.8. The molecule has 2 fully saturated rings. The molecule has 1 aromatic carbocycles. The van der Waals surface area contributed by atoms with Crippen molar-refractivity contribution in [2.24, 2.45) is 17.4 Å². The lowest BCUT2D eigenvalue weighted by Gasteiger charge is -2.41. The molecule has 5 N–H and O–H groups in total. The molecule has 1 saturated heterocycles. The first kappa shape index (κ1) is 30.3. The summed E-state index contributed by atoms with van der Waals surface area (Å²) in [6.45, 7) is 14.5. The van der Waals surface area contributed by atoms with Crippen molar-refractivity contribution >= 4 is 17.8 Å². The first-order chi connectivity index (χ1) is 19.4. The van der Waals surface area contributed by atoms with Gasteiger partial charge in [-0.3, -0.25) is 14.7 Å². The first-order valence-corrected chi connectivity index (χ1v) is 14.4. The molecule has 2 heterocycles. The van der Waals surface area contributed by atoms with Crippen LogP contribution in [0.15, 0.2) is 53.6 Å². The number of anilines is 1. The second kappa shape index (κ2) is 12.4. The fourth-order valence-electron chi connectivity index (χ4n) is 5.59. The average molecular weight is 565 g/mol. The van der Waals surface area contributed by atoms with Crippen LogP contribution in [-0.2, 0) is 11.2 Å². The number of rotatable bonds is 9. The third kappa shape index (κ3) is 7.15. The standard InChI is InChI=1S/C30H44N8O3/c1-6-37(21(3)23-18-24(31)19-23)20(2)17-22-7-9-25(10-8-22)38-12-11-26(34-29(38)41)33-28(40)36-15-13-35(14-16-36)27(39)30(4,5)32/h7-12,20,23-24H,3,6,13-19,31-32H2,1-2,4-5H3,(H,33,34,40,41). The molecular weight excluding hydrogens is 520 g/mol. The Morgan fingerprint density at radius 2 is 1.73 bits per heavy atom. The number of allylic oxidation sites excluding steroid dienone is 1. The van der Waals surface area contributed by atoms with E-state index in [0.717, 1.165) is 25.8 Å². The van der Waals surface area contributed by atoms with Crippen molar-refractivity contribution in [1.82, 2.24) is 24.3 Å². The molecule has 0 radical (unpaired) electrons. The summed E-state index contributed by atoms with van der Waals surface area (Å²) in [5.74, 6) is 0.510. The smallest absolute Gasteiger partial charge is 0.354 e. The van der Waals surface area contributed by atoms with Crippen molar-refractivity contribution < 1.29 is 9.59 Å². The van der Waals surface area contributed by atoms with E-state index >= 15 is 0 Å². The third-order valence-electron chi connectivity index (χ3n) is 8.08. The van der Waals surface area contributed by atoms with Crippen LogP contribution < -0.4 is 22.5 Å². The third-order valence-corrected chi connectivity index (χ3v) is 8.08. The van der Waals surface area contributed by atoms with Crippen LogP contribution in [-0.4, -0.2) is 86.5 Å². The van der Waals surface area contributed by atoms with Crippen LogP contribution in [0.4, 0.5) is 10.6 Å². The lowest BCUT2D eigenvalue weighted by molar-refractivity contribution is -0.137. The van der Waals surface area contributed by atoms with Gasteiger partial charge in [-0.05, 0) is 70.7 Å². The predicted molar refractivity (Wildman–Crippen MR) is 161 cm³/mol. The van der Waals surface area contributed by atoms with E-state index in [4.69, 9.17) is 11.5 Å². The van der Waals surface area contributed by atoms with Gasteiger partial charge >= 0.3 is 11.7 Å². The lowest BCUT2D eigenvalue weighted by atomic mass is 9.78. The van der Waals surface area contributed by atoms with E-state index in [1.165, 1.54) is 15.8 Å². The molecule has 222 valence electrons. The number of benzene rings is 1. The molecule has 11 nitrogen and oxygen atoms in total. The van der Waals surface area contributed by atoms with E-state index in [0.29, 0.717) is 49.9 Å². The van der Waals surface area contributed by atoms with Gasteiger partial charge in [-0.15, -0.1) is 0 Å². The molecule has 2 aromatic rings. The number of carbonyl (C=O) groups is 2. The van der Waals surface area contributed by atoms with Gasteiger partial charge in [0.2, 0.25) is 5.91 Å². The van der Waals surface area contributed by atoms with Gasteiger partial charge in [0.05, 0.1) is 11.2 Å². The Morgan fingerprint density at radius 3 is 2.27 bits per heavy atom. The van der Waals surface area contributed by atoms with E-state index in [9.17, 15) is 14.4 Å². The van der Waals surface area contributed by atoms with Crippen molar-refractivity contribution in [2.75, 3.05) is 38.0 Å². The molecule has 1 atom stereocenters. The highest BCUT2D eigenvalue weighted by atomic mass is 16.2. The molecule has 3 amide bonds. The van der Waals surface area contributed by atoms with E-state index in [2.05, 4.69) is 35.6 Å². The van der Waals surface area contributed by atoms with Crippen molar-refractivity contribution in [3.63, 3.8) is 0 Å². The van der Waals surface area contributed by atoms with Crippen molar-refractivity contribution in [1.29, 1.82) is 0 Å². The van der Waals surface area contributed by atoms with Crippen LogP contribution in [0, 0.1) is 5.92 Å². The van der Waals surface area contributed by atoms with Gasteiger partial charge in [0, 0.05) is 62.6 Å². The molecule has 0 spiro atoms. The molecule has 1 aliphatic heterocycles. The highest BCUT2D eigenvalue weighted by Crippen LogP contribution is 2.34. The van der Waals surface area contributed by atoms with Crippen LogP contribution in [0.1, 0.15) is 46.1 Å². The first-order valence-electron chi connectivity index (χ1n) is 14.4. The summed E-state index contributed by atoms with van der Waals surface area (Å²) in [4.78, 5) is 47.6. The van der Waals surface area contributed by atoms with Gasteiger partial charge in [0.15, 0.2) is 0 Å². The largest absolute Gasteiger partial charge is 0.372 e. The summed E-state index contributed by atoms with van der Waals surface area (Å²) < 4.78 is 1.45. The topological polar surface area (TPSA) is 143 Å². The minimum atomic E-state index is -0.951. The molecule has 1 unspecified atom stereocenters. The van der Waals surface area contributed by atoms with Crippen LogP contribution >= 0.6 is 0 Å². The van der Waals surface area contributed by atoms with Gasteiger partial charge in [-0.25, -0.2) is 9.59 Å². The number of amides is 3. The quantitative estimate of drug-likeness (QED) is 0.424. The number of nitrogens with zero attached hydrogens (tertiary/aromatic N) is 5. The minimum absolute atomic E-state index is 0.145. The molecule has 4 rings (SSSR count). The predicted octanol–water partition coefficient (Wildman–Crippen LogP) is 2.15. The molecule has 1 aliphatic carbocycles. The van der Waals surface area contributed by atoms with E-state index < -0.39 is 11.2 Å². The SMILES string of the molecule is C=C(C1CC(N)C1)N(CC)C(C)Cc1ccc(-n2ccc(NC(=O)N3CCN(C(=O)C(C)(C)N)CC3)nc2=O)cc1. The highest BCUT2D eigenvalue weighted by Gasteiger charge is 2.32. The van der Waals surface area contributed by atoms with Gasteiger partial charge in [0.25, 0.3) is 0 Å². The summed E-state index contributed by atoms with van der Waals surface area (Å²) in [6.07, 6.45) is 4.48. The number of hydrogen-bond donors (Lipinski definition) is 3. The number of aromatic nitrogens is 2. The van der Waals surface area contributed by atoms with Crippen molar-refractivity contribution in [3.05, 3.63) is 64.9 Å². The van der Waals surface area contributed by atoms with Crippen LogP contribution in [0.2, 0.25) is 0 Å². The number of likely N-dealkylation sites (N-methyl/N-ethyl adjacent to an activating group) is 1. The molecule has 0 bridgehead atoms. The van der Waals surface area contributed by atoms with Crippen LogP contribution in [0.3, 0.4) is 0 Å². The van der Waals surface area contributed by atoms with Crippen LogP contribution in [0.25, 0.3) is 5.69 Å². The Morgan fingerprint density at radius 1 is 1.12 bits per heavy atom. The number of nitrogens with one attached hydrogen (secondary N) is 1. The number of urea groups is 1. The summed E-state index contributed by atoms with van der Waals surface area (Å²) in [7, 11) is 0. The zero-order valence-electron chi connectivity index (χ0n) is 24.7. The minimum Gasteiger partial charge on any atom is -0.372 e. The molecule has 1 aromatic heterocycles. The number of nitrogens with two attached hydrogens (primary N) is 2. The lowest BCUT2D eigenvalue weighted by Crippen LogP contribution is -2.58. The highest BCUT2D eigenvalue weighted by molar-refractivity contribution is 5.89. The zero-order chi connectivity index (χ0) is 29.9. The van der Waals surface area contributed by atoms with Crippen molar-refractivity contribution in [3.8, 4) is 5.69 Å². The number of carbonyl (C=O) groups excluding carboxylic acids is 2. The molecular formula is C30H44N8O3. The molecule has 11 heteroatoms. The normalized spacial score (nSPS) is 19.8. The fraction of sp³-hybridized carbons (Fsp3) is 0.533. The second-order valence-corrected chi connectivity index (χ2v) is 11.8. The maximum Gasteiger partial charge on any atom is 0.354 e. The Balaban J connectivity index is 1.32. The summed E-state index contributed by atoms with van der Waals surface area (Å²) in [6, 6.07) is 9.69. The van der Waals surface area contributed by atoms with Gasteiger partial charge in [-0.1, -0.05) is 18.7 Å². The molecule has 2 aliphatic rings. The number of hydrogen-bond acceptors (Lipinski definition) is 7. The molecule has 1 saturated carbocycles. The van der Waals surface area contributed by atoms with Crippen LogP contribution in [0.5, 0.6) is 0 Å². The van der Waals surface area contributed by atoms with Gasteiger partial charge in [-0.2, -0.15) is 4.98 Å². The zero-order valence-corrected chi connectivity index (χ0v) is 24.7. The summed E-state index contributed by atoms with van der Waals surface area (Å²) >= 11 is 0. The average Bonchev–Trinajstić information content (AvgIpc) is 2.91. The van der Waals surface area contributed by atoms with E-state index in [-0.39, 0.29) is 17.8 Å². The summed E-state index contributed by atoms with van der Waals surface area (Å²) in [5.41, 5.74) is 13.5. The maximum absolute atomic E-state index is 12.8. The Labute approximate surface area is 242 Å². The van der Waals surface area contributed by atoms with E-state index in [1.54, 1.807) is 35.9 Å².